The van der Waals surface area contributed by atoms with Crippen molar-refractivity contribution in [2.75, 3.05) is 34.6 Å². The number of sulfonamides is 1. The molecule has 2 aromatic carbocycles. The molecule has 0 bridgehead atoms. The topological polar surface area (TPSA) is 98.7 Å². The minimum Gasteiger partial charge on any atom is -0.395 e. The maximum atomic E-state index is 12.8. The number of hydrogen-bond donors (Lipinski definition) is 3. The van der Waals surface area contributed by atoms with Gasteiger partial charge in [0.1, 0.15) is 0 Å². The van der Waals surface area contributed by atoms with E-state index in [4.69, 9.17) is 5.11 Å². The fourth-order valence-electron chi connectivity index (χ4n) is 3.58. The molecule has 1 aliphatic heterocycles. The molecule has 1 saturated carbocycles. The number of fused-ring (bicyclic) bond motifs is 1. The normalized spacial score (nSPS) is 16.2. The Hall–Kier alpha value is -2.58. The summed E-state index contributed by atoms with van der Waals surface area (Å²) in [4.78, 5) is 14.6. The molecule has 0 unspecified atom stereocenters. The van der Waals surface area contributed by atoms with Crippen LogP contribution in [0.5, 0.6) is 0 Å². The molecule has 1 fully saturated rings. The largest absolute Gasteiger partial charge is 0.395 e. The van der Waals surface area contributed by atoms with Crippen molar-refractivity contribution in [1.82, 2.24) is 0 Å². The number of carbonyl (C=O) groups is 1. The predicted octanol–water partition coefficient (Wildman–Crippen LogP) is 2.58. The summed E-state index contributed by atoms with van der Waals surface area (Å²) < 4.78 is 28.2. The third-order valence-corrected chi connectivity index (χ3v) is 6.65. The van der Waals surface area contributed by atoms with Crippen molar-refractivity contribution in [3.05, 3.63) is 48.0 Å². The number of benzene rings is 2. The highest BCUT2D eigenvalue weighted by atomic mass is 32.2. The van der Waals surface area contributed by atoms with Gasteiger partial charge in [0, 0.05) is 30.4 Å². The van der Waals surface area contributed by atoms with Gasteiger partial charge in [-0.1, -0.05) is 6.07 Å². The Balaban J connectivity index is 1.54. The summed E-state index contributed by atoms with van der Waals surface area (Å²) in [5, 5.41) is 11.8. The van der Waals surface area contributed by atoms with Crippen LogP contribution in [0.3, 0.4) is 0 Å². The van der Waals surface area contributed by atoms with Gasteiger partial charge < -0.3 is 15.3 Å². The number of aryl methyl sites for hydroxylation is 1. The Kier molecular flexibility index (Phi) is 5.47. The van der Waals surface area contributed by atoms with Gasteiger partial charge in [0.15, 0.2) is 0 Å². The summed E-state index contributed by atoms with van der Waals surface area (Å²) in [6, 6.07) is 11.8. The first-order valence-corrected chi connectivity index (χ1v) is 11.4. The first-order valence-electron chi connectivity index (χ1n) is 9.90. The van der Waals surface area contributed by atoms with Crippen molar-refractivity contribution in [1.29, 1.82) is 0 Å². The second-order valence-electron chi connectivity index (χ2n) is 7.49. The van der Waals surface area contributed by atoms with E-state index >= 15 is 0 Å². The monoisotopic (exact) mass is 415 g/mol. The fourth-order valence-corrected chi connectivity index (χ4v) is 4.63. The van der Waals surface area contributed by atoms with Crippen LogP contribution in [0.4, 0.5) is 17.1 Å². The van der Waals surface area contributed by atoms with E-state index < -0.39 is 10.0 Å². The van der Waals surface area contributed by atoms with Crippen molar-refractivity contribution >= 4 is 33.0 Å². The van der Waals surface area contributed by atoms with Gasteiger partial charge >= 0.3 is 0 Å². The molecule has 3 N–H and O–H groups in total. The van der Waals surface area contributed by atoms with Crippen LogP contribution in [0.1, 0.15) is 24.8 Å². The van der Waals surface area contributed by atoms with Gasteiger partial charge in [0.05, 0.1) is 17.2 Å². The predicted molar refractivity (Wildman–Crippen MR) is 113 cm³/mol. The highest BCUT2D eigenvalue weighted by Crippen LogP contribution is 2.37. The van der Waals surface area contributed by atoms with Crippen LogP contribution in [0.25, 0.3) is 0 Å². The third kappa shape index (κ3) is 4.38. The zero-order valence-corrected chi connectivity index (χ0v) is 16.9. The SMILES string of the molecule is O=C(C1CC1)N1CCCc2ccc(NS(=O)(=O)c3ccc(NCCO)cc3)cc21. The van der Waals surface area contributed by atoms with E-state index in [9.17, 15) is 13.2 Å². The summed E-state index contributed by atoms with van der Waals surface area (Å²) in [6.07, 6.45) is 3.70. The molecule has 0 saturated heterocycles. The second kappa shape index (κ2) is 8.04. The maximum Gasteiger partial charge on any atom is 0.261 e. The Labute approximate surface area is 170 Å². The minimum absolute atomic E-state index is 0.000200. The van der Waals surface area contributed by atoms with Crippen LogP contribution in [0, 0.1) is 5.92 Å². The van der Waals surface area contributed by atoms with E-state index in [0.29, 0.717) is 18.8 Å². The Bertz CT molecular complexity index is 1000. The molecule has 29 heavy (non-hydrogen) atoms. The number of aliphatic hydroxyl groups is 1. The van der Waals surface area contributed by atoms with E-state index in [-0.39, 0.29) is 23.3 Å². The number of anilines is 3. The fraction of sp³-hybridized carbons (Fsp3) is 0.381. The van der Waals surface area contributed by atoms with E-state index in [1.54, 1.807) is 24.3 Å². The average Bonchev–Trinajstić information content (AvgIpc) is 3.57. The maximum absolute atomic E-state index is 12.8. The summed E-state index contributed by atoms with van der Waals surface area (Å²) >= 11 is 0. The Morgan fingerprint density at radius 1 is 1.10 bits per heavy atom. The number of nitrogens with zero attached hydrogens (tertiary/aromatic N) is 1. The lowest BCUT2D eigenvalue weighted by molar-refractivity contribution is -0.119. The number of rotatable bonds is 7. The molecular formula is C21H25N3O4S. The molecule has 1 heterocycles. The van der Waals surface area contributed by atoms with E-state index in [1.807, 2.05) is 11.0 Å². The Morgan fingerprint density at radius 3 is 2.52 bits per heavy atom. The van der Waals surface area contributed by atoms with Crippen molar-refractivity contribution in [3.63, 3.8) is 0 Å². The molecular weight excluding hydrogens is 390 g/mol. The average molecular weight is 416 g/mol. The number of hydrogen-bond acceptors (Lipinski definition) is 5. The van der Waals surface area contributed by atoms with Crippen LogP contribution in [-0.2, 0) is 21.2 Å². The number of nitrogens with one attached hydrogen (secondary N) is 2. The van der Waals surface area contributed by atoms with Gasteiger partial charge in [-0.05, 0) is 67.6 Å². The van der Waals surface area contributed by atoms with E-state index in [2.05, 4.69) is 10.0 Å². The molecule has 4 rings (SSSR count). The molecule has 2 aromatic rings. The molecule has 1 aliphatic carbocycles. The van der Waals surface area contributed by atoms with Crippen LogP contribution in [0.15, 0.2) is 47.4 Å². The van der Waals surface area contributed by atoms with Crippen LogP contribution in [0.2, 0.25) is 0 Å². The first kappa shape index (κ1) is 19.7. The number of amides is 1. The van der Waals surface area contributed by atoms with Crippen molar-refractivity contribution < 1.29 is 18.3 Å². The smallest absolute Gasteiger partial charge is 0.261 e. The summed E-state index contributed by atoms with van der Waals surface area (Å²) in [7, 11) is -3.75. The van der Waals surface area contributed by atoms with Crippen LogP contribution >= 0.6 is 0 Å². The first-order chi connectivity index (χ1) is 14.0. The third-order valence-electron chi connectivity index (χ3n) is 5.25. The summed E-state index contributed by atoms with van der Waals surface area (Å²) in [6.45, 7) is 1.08. The second-order valence-corrected chi connectivity index (χ2v) is 9.17. The van der Waals surface area contributed by atoms with Crippen LogP contribution < -0.4 is 14.9 Å². The van der Waals surface area contributed by atoms with Crippen molar-refractivity contribution in [2.24, 2.45) is 5.92 Å². The summed E-state index contributed by atoms with van der Waals surface area (Å²) in [5.41, 5.74) is 3.08. The number of carbonyl (C=O) groups excluding carboxylic acids is 1. The minimum atomic E-state index is -3.75. The zero-order valence-electron chi connectivity index (χ0n) is 16.1. The van der Waals surface area contributed by atoms with Gasteiger partial charge in [0.25, 0.3) is 10.0 Å². The molecule has 2 aliphatic rings. The molecule has 0 spiro atoms. The van der Waals surface area contributed by atoms with Crippen LogP contribution in [-0.4, -0.2) is 39.1 Å². The Morgan fingerprint density at radius 2 is 1.83 bits per heavy atom. The highest BCUT2D eigenvalue weighted by molar-refractivity contribution is 7.92. The van der Waals surface area contributed by atoms with Gasteiger partial charge in [-0.2, -0.15) is 0 Å². The lowest BCUT2D eigenvalue weighted by Crippen LogP contribution is -2.36. The summed E-state index contributed by atoms with van der Waals surface area (Å²) in [5.74, 6) is 0.274. The van der Waals surface area contributed by atoms with E-state index in [0.717, 1.165) is 42.6 Å². The molecule has 1 amide bonds. The molecule has 0 radical (unpaired) electrons. The molecule has 8 heteroatoms. The van der Waals surface area contributed by atoms with Crippen molar-refractivity contribution in [2.45, 2.75) is 30.6 Å². The molecule has 0 atom stereocenters. The van der Waals surface area contributed by atoms with Gasteiger partial charge in [-0.15, -0.1) is 0 Å². The number of aliphatic hydroxyl groups excluding tert-OH is 1. The lowest BCUT2D eigenvalue weighted by atomic mass is 10.0. The van der Waals surface area contributed by atoms with Gasteiger partial charge in [0.2, 0.25) is 5.91 Å². The molecule has 0 aromatic heterocycles. The highest BCUT2D eigenvalue weighted by Gasteiger charge is 2.35. The molecule has 154 valence electrons. The lowest BCUT2D eigenvalue weighted by Gasteiger charge is -2.30. The van der Waals surface area contributed by atoms with E-state index in [1.165, 1.54) is 12.1 Å². The van der Waals surface area contributed by atoms with Gasteiger partial charge in [-0.25, -0.2) is 8.42 Å². The molecule has 7 nitrogen and oxygen atoms in total. The quantitative estimate of drug-likeness (QED) is 0.646. The van der Waals surface area contributed by atoms with Crippen molar-refractivity contribution in [3.8, 4) is 0 Å². The zero-order chi connectivity index (χ0) is 20.4. The van der Waals surface area contributed by atoms with Gasteiger partial charge in [-0.3, -0.25) is 9.52 Å². The standard InChI is InChI=1S/C21H25N3O4S/c25-13-11-22-17-7-9-19(10-8-17)29(27,28)23-18-6-5-15-2-1-12-24(20(15)14-18)21(26)16-3-4-16/h5-10,14,16,22-23,25H,1-4,11-13H2.